The van der Waals surface area contributed by atoms with Gasteiger partial charge in [0.05, 0.1) is 22.9 Å². The SMILES string of the molecule is COc1ccc(OC)c(CNC(=O)c2cc(C)c(Br)s2)c1. The third kappa shape index (κ3) is 3.77. The number of carbonyl (C=O) groups is 1. The Morgan fingerprint density at radius 3 is 2.62 bits per heavy atom. The fourth-order valence-electron chi connectivity index (χ4n) is 1.85. The summed E-state index contributed by atoms with van der Waals surface area (Å²) < 4.78 is 11.5. The van der Waals surface area contributed by atoms with Crippen LogP contribution in [0.25, 0.3) is 0 Å². The quantitative estimate of drug-likeness (QED) is 0.872. The number of ether oxygens (including phenoxy) is 2. The number of amides is 1. The van der Waals surface area contributed by atoms with E-state index in [0.29, 0.717) is 11.4 Å². The molecule has 0 spiro atoms. The van der Waals surface area contributed by atoms with Crippen LogP contribution in [0, 0.1) is 6.92 Å². The van der Waals surface area contributed by atoms with E-state index in [1.807, 2.05) is 31.2 Å². The lowest BCUT2D eigenvalue weighted by Crippen LogP contribution is -2.22. The van der Waals surface area contributed by atoms with Crippen molar-refractivity contribution in [3.63, 3.8) is 0 Å². The Balaban J connectivity index is 2.10. The van der Waals surface area contributed by atoms with E-state index in [1.165, 1.54) is 11.3 Å². The minimum atomic E-state index is -0.0985. The standard InChI is InChI=1S/C15H16BrNO3S/c1-9-6-13(21-14(9)16)15(18)17-8-10-7-11(19-2)4-5-12(10)20-3/h4-7H,8H2,1-3H3,(H,17,18). The summed E-state index contributed by atoms with van der Waals surface area (Å²) in [5, 5.41) is 2.90. The molecule has 0 aliphatic heterocycles. The summed E-state index contributed by atoms with van der Waals surface area (Å²) in [4.78, 5) is 12.8. The lowest BCUT2D eigenvalue weighted by atomic mass is 10.2. The van der Waals surface area contributed by atoms with Crippen LogP contribution in [0.2, 0.25) is 0 Å². The highest BCUT2D eigenvalue weighted by Crippen LogP contribution is 2.28. The van der Waals surface area contributed by atoms with Gasteiger partial charge in [0.2, 0.25) is 0 Å². The van der Waals surface area contributed by atoms with Gasteiger partial charge in [0, 0.05) is 12.1 Å². The molecule has 0 saturated carbocycles. The van der Waals surface area contributed by atoms with Crippen molar-refractivity contribution in [2.24, 2.45) is 0 Å². The average molecular weight is 370 g/mol. The number of carbonyl (C=O) groups excluding carboxylic acids is 1. The minimum Gasteiger partial charge on any atom is -0.497 e. The van der Waals surface area contributed by atoms with E-state index in [1.54, 1.807) is 14.2 Å². The van der Waals surface area contributed by atoms with Crippen molar-refractivity contribution in [3.05, 3.63) is 44.1 Å². The molecule has 1 amide bonds. The monoisotopic (exact) mass is 369 g/mol. The molecule has 0 aliphatic carbocycles. The zero-order chi connectivity index (χ0) is 15.4. The molecular formula is C15H16BrNO3S. The Bertz CT molecular complexity index is 635. The number of hydrogen-bond donors (Lipinski definition) is 1. The molecule has 0 saturated heterocycles. The molecule has 2 aromatic rings. The van der Waals surface area contributed by atoms with Gasteiger partial charge in [-0.2, -0.15) is 0 Å². The van der Waals surface area contributed by atoms with Crippen LogP contribution in [-0.2, 0) is 6.54 Å². The summed E-state index contributed by atoms with van der Waals surface area (Å²) in [6, 6.07) is 7.37. The van der Waals surface area contributed by atoms with Gasteiger partial charge in [0.25, 0.3) is 5.91 Å². The van der Waals surface area contributed by atoms with E-state index in [-0.39, 0.29) is 5.91 Å². The number of aryl methyl sites for hydroxylation is 1. The Hall–Kier alpha value is -1.53. The van der Waals surface area contributed by atoms with Crippen LogP contribution < -0.4 is 14.8 Å². The van der Waals surface area contributed by atoms with Gasteiger partial charge in [-0.3, -0.25) is 4.79 Å². The van der Waals surface area contributed by atoms with E-state index in [4.69, 9.17) is 9.47 Å². The third-order valence-electron chi connectivity index (χ3n) is 3.01. The Kier molecular flexibility index (Phi) is 5.25. The van der Waals surface area contributed by atoms with E-state index in [9.17, 15) is 4.79 Å². The van der Waals surface area contributed by atoms with Crippen LogP contribution in [-0.4, -0.2) is 20.1 Å². The summed E-state index contributed by atoms with van der Waals surface area (Å²) in [6.45, 7) is 2.34. The van der Waals surface area contributed by atoms with Crippen molar-refractivity contribution >= 4 is 33.2 Å². The highest BCUT2D eigenvalue weighted by Gasteiger charge is 2.12. The van der Waals surface area contributed by atoms with Crippen LogP contribution in [0.1, 0.15) is 20.8 Å². The largest absolute Gasteiger partial charge is 0.497 e. The molecule has 0 unspecified atom stereocenters. The van der Waals surface area contributed by atoms with E-state index >= 15 is 0 Å². The van der Waals surface area contributed by atoms with Crippen molar-refractivity contribution in [3.8, 4) is 11.5 Å². The smallest absolute Gasteiger partial charge is 0.261 e. The van der Waals surface area contributed by atoms with Crippen molar-refractivity contribution in [1.29, 1.82) is 0 Å². The summed E-state index contributed by atoms with van der Waals surface area (Å²) >= 11 is 4.85. The Morgan fingerprint density at radius 1 is 1.29 bits per heavy atom. The molecule has 0 atom stereocenters. The molecule has 1 aromatic carbocycles. The predicted molar refractivity (Wildman–Crippen MR) is 87.5 cm³/mol. The Labute approximate surface area is 136 Å². The molecule has 0 radical (unpaired) electrons. The topological polar surface area (TPSA) is 47.6 Å². The van der Waals surface area contributed by atoms with Gasteiger partial charge in [0.1, 0.15) is 11.5 Å². The second-order valence-corrected chi connectivity index (χ2v) is 6.80. The lowest BCUT2D eigenvalue weighted by molar-refractivity contribution is 0.0954. The molecule has 4 nitrogen and oxygen atoms in total. The number of thiophene rings is 1. The highest BCUT2D eigenvalue weighted by atomic mass is 79.9. The molecule has 1 aromatic heterocycles. The van der Waals surface area contributed by atoms with Gasteiger partial charge < -0.3 is 14.8 Å². The molecule has 0 aliphatic rings. The van der Waals surface area contributed by atoms with Crippen LogP contribution in [0.15, 0.2) is 28.1 Å². The van der Waals surface area contributed by atoms with Gasteiger partial charge in [-0.05, 0) is 52.7 Å². The average Bonchev–Trinajstić information content (AvgIpc) is 2.84. The normalized spacial score (nSPS) is 10.3. The van der Waals surface area contributed by atoms with Crippen molar-refractivity contribution in [2.45, 2.75) is 13.5 Å². The zero-order valence-corrected chi connectivity index (χ0v) is 14.4. The van der Waals surface area contributed by atoms with Gasteiger partial charge >= 0.3 is 0 Å². The summed E-state index contributed by atoms with van der Waals surface area (Å²) in [5.41, 5.74) is 1.93. The summed E-state index contributed by atoms with van der Waals surface area (Å²) in [6.07, 6.45) is 0. The third-order valence-corrected chi connectivity index (χ3v) is 5.14. The fraction of sp³-hybridized carbons (Fsp3) is 0.267. The molecule has 1 N–H and O–H groups in total. The maximum atomic E-state index is 12.1. The van der Waals surface area contributed by atoms with Crippen LogP contribution in [0.4, 0.5) is 0 Å². The van der Waals surface area contributed by atoms with E-state index in [2.05, 4.69) is 21.2 Å². The molecule has 112 valence electrons. The second-order valence-electron chi connectivity index (χ2n) is 4.43. The number of methoxy groups -OCH3 is 2. The first-order valence-corrected chi connectivity index (χ1v) is 7.91. The first-order valence-electron chi connectivity index (χ1n) is 6.30. The molecule has 0 fully saturated rings. The van der Waals surface area contributed by atoms with Crippen LogP contribution >= 0.6 is 27.3 Å². The highest BCUT2D eigenvalue weighted by molar-refractivity contribution is 9.11. The number of nitrogens with one attached hydrogen (secondary N) is 1. The molecule has 0 bridgehead atoms. The van der Waals surface area contributed by atoms with Gasteiger partial charge in [-0.1, -0.05) is 0 Å². The van der Waals surface area contributed by atoms with Crippen LogP contribution in [0.3, 0.4) is 0 Å². The van der Waals surface area contributed by atoms with Crippen molar-refractivity contribution < 1.29 is 14.3 Å². The Morgan fingerprint density at radius 2 is 2.05 bits per heavy atom. The lowest BCUT2D eigenvalue weighted by Gasteiger charge is -2.11. The summed E-state index contributed by atoms with van der Waals surface area (Å²) in [7, 11) is 3.21. The number of rotatable bonds is 5. The number of hydrogen-bond acceptors (Lipinski definition) is 4. The maximum Gasteiger partial charge on any atom is 0.261 e. The van der Waals surface area contributed by atoms with Crippen LogP contribution in [0.5, 0.6) is 11.5 Å². The van der Waals surface area contributed by atoms with Gasteiger partial charge in [-0.15, -0.1) is 11.3 Å². The predicted octanol–water partition coefficient (Wildman–Crippen LogP) is 3.77. The van der Waals surface area contributed by atoms with Gasteiger partial charge in [0.15, 0.2) is 0 Å². The second kappa shape index (κ2) is 6.95. The van der Waals surface area contributed by atoms with Crippen molar-refractivity contribution in [2.75, 3.05) is 14.2 Å². The van der Waals surface area contributed by atoms with Gasteiger partial charge in [-0.25, -0.2) is 0 Å². The van der Waals surface area contributed by atoms with E-state index < -0.39 is 0 Å². The molecule has 1 heterocycles. The fourth-order valence-corrected chi connectivity index (χ4v) is 3.31. The van der Waals surface area contributed by atoms with E-state index in [0.717, 1.165) is 26.4 Å². The maximum absolute atomic E-state index is 12.1. The molecule has 21 heavy (non-hydrogen) atoms. The molecule has 2 rings (SSSR count). The first kappa shape index (κ1) is 15.9. The first-order chi connectivity index (χ1) is 10.0. The van der Waals surface area contributed by atoms with Crippen molar-refractivity contribution in [1.82, 2.24) is 5.32 Å². The zero-order valence-electron chi connectivity index (χ0n) is 12.0. The molecular weight excluding hydrogens is 354 g/mol. The number of halogens is 1. The summed E-state index contributed by atoms with van der Waals surface area (Å²) in [5.74, 6) is 1.35. The molecule has 6 heteroatoms. The minimum absolute atomic E-state index is 0.0985. The number of benzene rings is 1.